The highest BCUT2D eigenvalue weighted by atomic mass is 32.2. The van der Waals surface area contributed by atoms with E-state index in [1.54, 1.807) is 17.6 Å². The summed E-state index contributed by atoms with van der Waals surface area (Å²) in [6.07, 6.45) is 4.82. The van der Waals surface area contributed by atoms with Crippen molar-refractivity contribution < 1.29 is 13.2 Å². The first kappa shape index (κ1) is 15.8. The lowest BCUT2D eigenvalue weighted by atomic mass is 10.1. The molecule has 0 aromatic carbocycles. The van der Waals surface area contributed by atoms with E-state index in [2.05, 4.69) is 15.7 Å². The zero-order chi connectivity index (χ0) is 16.4. The molecule has 124 valence electrons. The second kappa shape index (κ2) is 6.19. The minimum absolute atomic E-state index is 0.0122. The summed E-state index contributed by atoms with van der Waals surface area (Å²) in [4.78, 5) is 12.0. The van der Waals surface area contributed by atoms with Gasteiger partial charge in [0.2, 0.25) is 0 Å². The molecule has 7 nitrogen and oxygen atoms in total. The van der Waals surface area contributed by atoms with Crippen LogP contribution in [-0.4, -0.2) is 41.1 Å². The predicted octanol–water partition coefficient (Wildman–Crippen LogP) is 1.10. The highest BCUT2D eigenvalue weighted by molar-refractivity contribution is 7.92. The molecule has 2 amide bonds. The van der Waals surface area contributed by atoms with E-state index in [1.165, 1.54) is 0 Å². The van der Waals surface area contributed by atoms with Gasteiger partial charge in [0, 0.05) is 24.3 Å². The number of amides is 2. The maximum Gasteiger partial charge on any atom is 0.315 e. The van der Waals surface area contributed by atoms with Crippen LogP contribution in [0.15, 0.2) is 30.6 Å². The van der Waals surface area contributed by atoms with Gasteiger partial charge in [-0.2, -0.15) is 5.10 Å². The van der Waals surface area contributed by atoms with Crippen LogP contribution < -0.4 is 10.6 Å². The van der Waals surface area contributed by atoms with Crippen LogP contribution in [0.25, 0.3) is 5.52 Å². The molecular weight excluding hydrogens is 316 g/mol. The van der Waals surface area contributed by atoms with Crippen molar-refractivity contribution in [3.8, 4) is 0 Å². The quantitative estimate of drug-likeness (QED) is 0.878. The molecule has 8 heteroatoms. The van der Waals surface area contributed by atoms with Crippen LogP contribution in [0.5, 0.6) is 0 Å². The van der Waals surface area contributed by atoms with Gasteiger partial charge in [-0.25, -0.2) is 17.7 Å². The molecule has 0 spiro atoms. The third-order valence-corrected chi connectivity index (χ3v) is 6.58. The molecule has 3 heterocycles. The number of nitrogens with one attached hydrogen (secondary N) is 2. The number of carbonyl (C=O) groups is 1. The molecule has 23 heavy (non-hydrogen) atoms. The number of carbonyl (C=O) groups excluding carboxylic acids is 1. The zero-order valence-corrected chi connectivity index (χ0v) is 13.7. The number of rotatable bonds is 3. The Morgan fingerprint density at radius 2 is 2.22 bits per heavy atom. The Hall–Kier alpha value is -2.09. The second-order valence-corrected chi connectivity index (χ2v) is 8.41. The standard InChI is InChI=1S/C15H20N4O3S/c1-11-5-6-13(10-23(11,21)22)18-15(20)16-8-12-9-17-19-7-3-2-4-14(12)19/h2-4,7,9,11,13H,5-6,8,10H2,1H3,(H2,16,18,20). The minimum Gasteiger partial charge on any atom is -0.334 e. The summed E-state index contributed by atoms with van der Waals surface area (Å²) in [7, 11) is -3.10. The van der Waals surface area contributed by atoms with Crippen molar-refractivity contribution in [3.05, 3.63) is 36.2 Å². The lowest BCUT2D eigenvalue weighted by Gasteiger charge is -2.27. The van der Waals surface area contributed by atoms with Crippen LogP contribution in [0, 0.1) is 0 Å². The van der Waals surface area contributed by atoms with Crippen LogP contribution in [0.2, 0.25) is 0 Å². The van der Waals surface area contributed by atoms with Gasteiger partial charge in [-0.05, 0) is 31.9 Å². The Kier molecular flexibility index (Phi) is 4.25. The number of pyridine rings is 1. The number of nitrogens with zero attached hydrogens (tertiary/aromatic N) is 2. The van der Waals surface area contributed by atoms with Gasteiger partial charge in [0.1, 0.15) is 0 Å². The van der Waals surface area contributed by atoms with Gasteiger partial charge in [0.25, 0.3) is 0 Å². The Morgan fingerprint density at radius 3 is 3.00 bits per heavy atom. The summed E-state index contributed by atoms with van der Waals surface area (Å²) in [6, 6.07) is 5.05. The lowest BCUT2D eigenvalue weighted by molar-refractivity contribution is 0.236. The monoisotopic (exact) mass is 336 g/mol. The number of fused-ring (bicyclic) bond motifs is 1. The van der Waals surface area contributed by atoms with E-state index in [0.717, 1.165) is 11.1 Å². The van der Waals surface area contributed by atoms with Crippen molar-refractivity contribution in [2.24, 2.45) is 0 Å². The lowest BCUT2D eigenvalue weighted by Crippen LogP contribution is -2.48. The first-order valence-corrected chi connectivity index (χ1v) is 9.34. The number of aromatic nitrogens is 2. The molecule has 1 saturated heterocycles. The van der Waals surface area contributed by atoms with E-state index in [1.807, 2.05) is 24.4 Å². The highest BCUT2D eigenvalue weighted by Gasteiger charge is 2.31. The average molecular weight is 336 g/mol. The van der Waals surface area contributed by atoms with Crippen molar-refractivity contribution >= 4 is 21.4 Å². The number of hydrogen-bond donors (Lipinski definition) is 2. The van der Waals surface area contributed by atoms with E-state index in [9.17, 15) is 13.2 Å². The second-order valence-electron chi connectivity index (χ2n) is 5.94. The number of urea groups is 1. The fraction of sp³-hybridized carbons (Fsp3) is 0.467. The minimum atomic E-state index is -3.10. The van der Waals surface area contributed by atoms with Crippen LogP contribution in [0.1, 0.15) is 25.3 Å². The summed E-state index contributed by atoms with van der Waals surface area (Å²) < 4.78 is 25.5. The summed E-state index contributed by atoms with van der Waals surface area (Å²) in [5.41, 5.74) is 1.84. The van der Waals surface area contributed by atoms with Crippen LogP contribution in [0.3, 0.4) is 0 Å². The van der Waals surface area contributed by atoms with E-state index in [0.29, 0.717) is 19.4 Å². The highest BCUT2D eigenvalue weighted by Crippen LogP contribution is 2.19. The first-order chi connectivity index (χ1) is 11.0. The molecule has 2 aromatic rings. The fourth-order valence-corrected chi connectivity index (χ4v) is 4.43. The maximum atomic E-state index is 12.0. The van der Waals surface area contributed by atoms with Gasteiger partial charge in [0.05, 0.1) is 22.7 Å². The molecule has 2 N–H and O–H groups in total. The fourth-order valence-electron chi connectivity index (χ4n) is 2.79. The summed E-state index contributed by atoms with van der Waals surface area (Å²) >= 11 is 0. The van der Waals surface area contributed by atoms with Crippen molar-refractivity contribution in [2.75, 3.05) is 5.75 Å². The Labute approximate surface area is 135 Å². The molecule has 0 aliphatic carbocycles. The zero-order valence-electron chi connectivity index (χ0n) is 12.9. The van der Waals surface area contributed by atoms with Crippen molar-refractivity contribution in [1.82, 2.24) is 20.2 Å². The molecule has 0 bridgehead atoms. The first-order valence-electron chi connectivity index (χ1n) is 7.63. The van der Waals surface area contributed by atoms with Gasteiger partial charge in [-0.3, -0.25) is 0 Å². The van der Waals surface area contributed by atoms with Gasteiger partial charge >= 0.3 is 6.03 Å². The van der Waals surface area contributed by atoms with Crippen LogP contribution >= 0.6 is 0 Å². The molecule has 0 radical (unpaired) electrons. The SMILES string of the molecule is CC1CCC(NC(=O)NCc2cnn3ccccc23)CS1(=O)=O. The molecule has 2 atom stereocenters. The van der Waals surface area contributed by atoms with Crippen LogP contribution in [0.4, 0.5) is 4.79 Å². The molecule has 2 unspecified atom stereocenters. The van der Waals surface area contributed by atoms with Crippen LogP contribution in [-0.2, 0) is 16.4 Å². The molecule has 0 saturated carbocycles. The largest absolute Gasteiger partial charge is 0.334 e. The van der Waals surface area contributed by atoms with E-state index in [4.69, 9.17) is 0 Å². The van der Waals surface area contributed by atoms with E-state index in [-0.39, 0.29) is 23.1 Å². The smallest absolute Gasteiger partial charge is 0.315 e. The Bertz CT molecular complexity index is 815. The Morgan fingerprint density at radius 1 is 1.39 bits per heavy atom. The third kappa shape index (κ3) is 3.47. The summed E-state index contributed by atoms with van der Waals surface area (Å²) in [5.74, 6) is 0.0122. The van der Waals surface area contributed by atoms with Crippen molar-refractivity contribution in [3.63, 3.8) is 0 Å². The molecule has 1 fully saturated rings. The van der Waals surface area contributed by atoms with E-state index >= 15 is 0 Å². The van der Waals surface area contributed by atoms with Gasteiger partial charge in [-0.15, -0.1) is 0 Å². The van der Waals surface area contributed by atoms with Gasteiger partial charge in [-0.1, -0.05) is 6.07 Å². The van der Waals surface area contributed by atoms with E-state index < -0.39 is 9.84 Å². The number of hydrogen-bond acceptors (Lipinski definition) is 4. The molecule has 1 aliphatic heterocycles. The topological polar surface area (TPSA) is 92.6 Å². The molecular formula is C15H20N4O3S. The third-order valence-electron chi connectivity index (χ3n) is 4.25. The van der Waals surface area contributed by atoms with Crippen molar-refractivity contribution in [1.29, 1.82) is 0 Å². The normalized spacial score (nSPS) is 23.5. The van der Waals surface area contributed by atoms with Gasteiger partial charge < -0.3 is 10.6 Å². The molecule has 2 aromatic heterocycles. The molecule has 1 aliphatic rings. The maximum absolute atomic E-state index is 12.0. The summed E-state index contributed by atoms with van der Waals surface area (Å²) in [5, 5.41) is 9.40. The Balaban J connectivity index is 1.56. The average Bonchev–Trinajstić information content (AvgIpc) is 2.92. The van der Waals surface area contributed by atoms with Crippen molar-refractivity contribution in [2.45, 2.75) is 37.6 Å². The predicted molar refractivity (Wildman–Crippen MR) is 86.8 cm³/mol. The number of sulfone groups is 1. The summed E-state index contributed by atoms with van der Waals surface area (Å²) in [6.45, 7) is 2.06. The molecule has 3 rings (SSSR count). The van der Waals surface area contributed by atoms with Gasteiger partial charge in [0.15, 0.2) is 9.84 Å².